The number of pyridine rings is 2. The Hall–Kier alpha value is -2.82. The molecule has 0 bridgehead atoms. The van der Waals surface area contributed by atoms with Gasteiger partial charge in [-0.25, -0.2) is 4.98 Å². The van der Waals surface area contributed by atoms with Crippen LogP contribution in [-0.2, 0) is 0 Å². The van der Waals surface area contributed by atoms with E-state index in [1.54, 1.807) is 12.3 Å². The summed E-state index contributed by atoms with van der Waals surface area (Å²) in [6, 6.07) is 12.7. The topological polar surface area (TPSA) is 70.7 Å². The van der Waals surface area contributed by atoms with Gasteiger partial charge in [-0.3, -0.25) is 4.98 Å². The van der Waals surface area contributed by atoms with E-state index in [-0.39, 0.29) is 5.75 Å². The third-order valence-corrected chi connectivity index (χ3v) is 2.60. The molecule has 0 saturated heterocycles. The van der Waals surface area contributed by atoms with E-state index in [2.05, 4.69) is 20.2 Å². The third-order valence-electron chi connectivity index (χ3n) is 2.60. The highest BCUT2D eigenvalue weighted by Gasteiger charge is 2.00. The van der Waals surface area contributed by atoms with Gasteiger partial charge in [0.2, 0.25) is 0 Å². The highest BCUT2D eigenvalue weighted by Crippen LogP contribution is 2.25. The molecule has 0 amide bonds. The van der Waals surface area contributed by atoms with Gasteiger partial charge >= 0.3 is 0 Å². The molecule has 0 aliphatic rings. The first-order valence-corrected chi connectivity index (χ1v) is 5.73. The average Bonchev–Trinajstić information content (AvgIpc) is 2.47. The lowest BCUT2D eigenvalue weighted by Crippen LogP contribution is -1.77. The minimum absolute atomic E-state index is 0.103. The highest BCUT2D eigenvalue weighted by atomic mass is 16.3. The van der Waals surface area contributed by atoms with Crippen LogP contribution in [0.1, 0.15) is 0 Å². The van der Waals surface area contributed by atoms with Crippen molar-refractivity contribution in [2.45, 2.75) is 0 Å². The molecule has 0 atom stereocenters. The van der Waals surface area contributed by atoms with Gasteiger partial charge in [0.05, 0.1) is 11.7 Å². The van der Waals surface area contributed by atoms with Gasteiger partial charge in [-0.1, -0.05) is 18.2 Å². The molecule has 0 radical (unpaired) electrons. The molecule has 3 aromatic rings. The van der Waals surface area contributed by atoms with Crippen molar-refractivity contribution >= 4 is 22.4 Å². The lowest BCUT2D eigenvalue weighted by atomic mass is 10.2. The Morgan fingerprint density at radius 2 is 1.79 bits per heavy atom. The Kier molecular flexibility index (Phi) is 2.86. The summed E-state index contributed by atoms with van der Waals surface area (Å²) in [5, 5.41) is 18.3. The third kappa shape index (κ3) is 2.40. The summed E-state index contributed by atoms with van der Waals surface area (Å²) in [5.41, 5.74) is 1.49. The van der Waals surface area contributed by atoms with Crippen LogP contribution >= 0.6 is 0 Å². The van der Waals surface area contributed by atoms with Crippen LogP contribution in [0.3, 0.4) is 0 Å². The van der Waals surface area contributed by atoms with E-state index in [0.717, 1.165) is 10.9 Å². The Labute approximate surface area is 109 Å². The van der Waals surface area contributed by atoms with Gasteiger partial charge in [0.15, 0.2) is 5.82 Å². The van der Waals surface area contributed by atoms with Gasteiger partial charge < -0.3 is 5.11 Å². The largest absolute Gasteiger partial charge is 0.506 e. The molecule has 92 valence electrons. The molecule has 0 aliphatic heterocycles. The van der Waals surface area contributed by atoms with Crippen molar-refractivity contribution in [3.05, 3.63) is 54.9 Å². The second-order valence-corrected chi connectivity index (χ2v) is 3.93. The summed E-state index contributed by atoms with van der Waals surface area (Å²) in [4.78, 5) is 8.24. The van der Waals surface area contributed by atoms with E-state index >= 15 is 0 Å². The molecule has 2 heterocycles. The number of nitrogens with zero attached hydrogens (tertiary/aromatic N) is 4. The van der Waals surface area contributed by atoms with Crippen molar-refractivity contribution in [2.75, 3.05) is 0 Å². The smallest absolute Gasteiger partial charge is 0.174 e. The minimum atomic E-state index is 0.103. The lowest BCUT2D eigenvalue weighted by Gasteiger charge is -1.99. The van der Waals surface area contributed by atoms with Crippen molar-refractivity contribution in [3.63, 3.8) is 0 Å². The van der Waals surface area contributed by atoms with Crippen LogP contribution in [0.15, 0.2) is 65.1 Å². The fourth-order valence-corrected chi connectivity index (χ4v) is 1.71. The minimum Gasteiger partial charge on any atom is -0.506 e. The average molecular weight is 250 g/mol. The van der Waals surface area contributed by atoms with Gasteiger partial charge in [-0.05, 0) is 24.3 Å². The Morgan fingerprint density at radius 3 is 2.63 bits per heavy atom. The van der Waals surface area contributed by atoms with Gasteiger partial charge in [0, 0.05) is 11.6 Å². The fraction of sp³-hybridized carbons (Fsp3) is 0. The summed E-state index contributed by atoms with van der Waals surface area (Å²) < 4.78 is 0. The fourth-order valence-electron chi connectivity index (χ4n) is 1.71. The maximum absolute atomic E-state index is 9.14. The van der Waals surface area contributed by atoms with Crippen LogP contribution in [-0.4, -0.2) is 15.1 Å². The SMILES string of the molecule is Oc1ccc(/N=N/c2cccc3cccnc23)nc1. The van der Waals surface area contributed by atoms with Crippen molar-refractivity contribution in [2.24, 2.45) is 10.2 Å². The van der Waals surface area contributed by atoms with Crippen molar-refractivity contribution in [3.8, 4) is 5.75 Å². The molecule has 0 aliphatic carbocycles. The summed E-state index contributed by atoms with van der Waals surface area (Å²) in [6.07, 6.45) is 3.05. The maximum Gasteiger partial charge on any atom is 0.174 e. The highest BCUT2D eigenvalue weighted by molar-refractivity contribution is 5.88. The zero-order valence-corrected chi connectivity index (χ0v) is 9.93. The lowest BCUT2D eigenvalue weighted by molar-refractivity contribution is 0.473. The summed E-state index contributed by atoms with van der Waals surface area (Å²) in [6.45, 7) is 0. The number of hydrogen-bond acceptors (Lipinski definition) is 5. The second-order valence-electron chi connectivity index (χ2n) is 3.93. The monoisotopic (exact) mass is 250 g/mol. The number of aromatic nitrogens is 2. The molecule has 0 fully saturated rings. The van der Waals surface area contributed by atoms with Crippen LogP contribution < -0.4 is 0 Å². The number of hydrogen-bond donors (Lipinski definition) is 1. The van der Waals surface area contributed by atoms with E-state index in [1.807, 2.05) is 30.3 Å². The van der Waals surface area contributed by atoms with Crippen LogP contribution in [0, 0.1) is 0 Å². The first-order valence-electron chi connectivity index (χ1n) is 5.73. The van der Waals surface area contributed by atoms with Gasteiger partial charge in [-0.2, -0.15) is 0 Å². The Bertz CT molecular complexity index is 733. The summed E-state index contributed by atoms with van der Waals surface area (Å²) in [7, 11) is 0. The quantitative estimate of drug-likeness (QED) is 0.704. The van der Waals surface area contributed by atoms with Crippen molar-refractivity contribution < 1.29 is 5.11 Å². The normalized spacial score (nSPS) is 11.2. The Balaban J connectivity index is 1.99. The standard InChI is InChI=1S/C14H10N4O/c19-11-6-7-13(16-9-11)18-17-12-5-1-3-10-4-2-8-15-14(10)12/h1-9,19H/b18-17+. The molecule has 2 aromatic heterocycles. The first-order chi connectivity index (χ1) is 9.33. The number of rotatable bonds is 2. The molecule has 5 nitrogen and oxygen atoms in total. The number of azo groups is 1. The first kappa shape index (κ1) is 11.3. The molecule has 0 saturated carbocycles. The number of para-hydroxylation sites is 1. The molecule has 1 N–H and O–H groups in total. The van der Waals surface area contributed by atoms with E-state index in [1.165, 1.54) is 12.3 Å². The van der Waals surface area contributed by atoms with E-state index in [9.17, 15) is 0 Å². The molecular formula is C14H10N4O. The van der Waals surface area contributed by atoms with Crippen LogP contribution in [0.5, 0.6) is 5.75 Å². The van der Waals surface area contributed by atoms with Crippen LogP contribution in [0.4, 0.5) is 11.5 Å². The molecule has 0 unspecified atom stereocenters. The summed E-state index contributed by atoms with van der Waals surface area (Å²) in [5.74, 6) is 0.538. The van der Waals surface area contributed by atoms with Crippen LogP contribution in [0.25, 0.3) is 10.9 Å². The zero-order chi connectivity index (χ0) is 13.1. The van der Waals surface area contributed by atoms with E-state index in [4.69, 9.17) is 5.11 Å². The van der Waals surface area contributed by atoms with Crippen LogP contribution in [0.2, 0.25) is 0 Å². The van der Waals surface area contributed by atoms with Gasteiger partial charge in [0.1, 0.15) is 11.4 Å². The second kappa shape index (κ2) is 4.81. The summed E-state index contributed by atoms with van der Waals surface area (Å²) >= 11 is 0. The number of aromatic hydroxyl groups is 1. The molecule has 1 aromatic carbocycles. The van der Waals surface area contributed by atoms with Crippen molar-refractivity contribution in [1.82, 2.24) is 9.97 Å². The number of fused-ring (bicyclic) bond motifs is 1. The molecule has 3 rings (SSSR count). The van der Waals surface area contributed by atoms with Gasteiger partial charge in [-0.15, -0.1) is 10.2 Å². The molecule has 19 heavy (non-hydrogen) atoms. The van der Waals surface area contributed by atoms with Crippen molar-refractivity contribution in [1.29, 1.82) is 0 Å². The Morgan fingerprint density at radius 1 is 0.895 bits per heavy atom. The predicted molar refractivity (Wildman–Crippen MR) is 71.8 cm³/mol. The maximum atomic E-state index is 9.14. The van der Waals surface area contributed by atoms with Gasteiger partial charge in [0.25, 0.3) is 0 Å². The molecule has 0 spiro atoms. The zero-order valence-electron chi connectivity index (χ0n) is 9.93. The number of benzene rings is 1. The molecular weight excluding hydrogens is 240 g/mol. The van der Waals surface area contributed by atoms with E-state index in [0.29, 0.717) is 11.5 Å². The van der Waals surface area contributed by atoms with E-state index < -0.39 is 0 Å². The predicted octanol–water partition coefficient (Wildman–Crippen LogP) is 3.75. The molecule has 5 heteroatoms.